The van der Waals surface area contributed by atoms with E-state index in [4.69, 9.17) is 4.42 Å². The summed E-state index contributed by atoms with van der Waals surface area (Å²) >= 11 is 1.58. The monoisotopic (exact) mass is 351 g/mol. The first-order chi connectivity index (χ1) is 12.1. The van der Waals surface area contributed by atoms with Crippen molar-refractivity contribution in [3.05, 3.63) is 89.9 Å². The predicted octanol–water partition coefficient (Wildman–Crippen LogP) is 5.08. The van der Waals surface area contributed by atoms with Crippen LogP contribution in [-0.4, -0.2) is 17.9 Å². The minimum Gasteiger partial charge on any atom is -0.469 e. The Morgan fingerprint density at radius 2 is 1.68 bits per heavy atom. The number of likely N-dealkylation sites (N-methyl/N-ethyl adjacent to an activating group) is 1. The predicted molar refractivity (Wildman–Crippen MR) is 101 cm³/mol. The summed E-state index contributed by atoms with van der Waals surface area (Å²) in [6, 6.07) is 21.9. The zero-order chi connectivity index (χ0) is 17.6. The lowest BCUT2D eigenvalue weighted by atomic mass is 10.1. The smallest absolute Gasteiger partial charge is 0.240 e. The van der Waals surface area contributed by atoms with Crippen LogP contribution in [0.3, 0.4) is 0 Å². The van der Waals surface area contributed by atoms with Gasteiger partial charge in [0.2, 0.25) is 5.91 Å². The fourth-order valence-corrected chi connectivity index (χ4v) is 3.79. The normalized spacial score (nSPS) is 11.9. The van der Waals surface area contributed by atoms with Crippen LogP contribution in [0.25, 0.3) is 0 Å². The average molecular weight is 351 g/mol. The molecule has 0 saturated carbocycles. The van der Waals surface area contributed by atoms with Crippen LogP contribution in [0.15, 0.2) is 82.3 Å². The van der Waals surface area contributed by atoms with E-state index in [9.17, 15) is 4.79 Å². The third-order valence-electron chi connectivity index (χ3n) is 4.07. The number of aryl methyl sites for hydroxylation is 1. The fraction of sp³-hybridized carbons (Fsp3) is 0.190. The Morgan fingerprint density at radius 3 is 2.28 bits per heavy atom. The number of amides is 1. The molecular weight excluding hydrogens is 330 g/mol. The van der Waals surface area contributed by atoms with E-state index in [1.54, 1.807) is 22.9 Å². The van der Waals surface area contributed by atoms with E-state index < -0.39 is 0 Å². The van der Waals surface area contributed by atoms with Crippen molar-refractivity contribution in [2.75, 3.05) is 7.05 Å². The molecule has 25 heavy (non-hydrogen) atoms. The standard InChI is InChI=1S/C21H21NO2S/c1-16-18(13-14-24-16)15-22(2)21(23)20(17-9-5-3-6-10-17)25-19-11-7-4-8-12-19/h3-14,20H,15H2,1-2H3/t20-/m1/s1. The summed E-state index contributed by atoms with van der Waals surface area (Å²) in [6.45, 7) is 2.46. The number of furan rings is 1. The fourth-order valence-electron chi connectivity index (χ4n) is 2.63. The molecule has 3 rings (SSSR count). The summed E-state index contributed by atoms with van der Waals surface area (Å²) in [6.07, 6.45) is 1.66. The molecule has 0 bridgehead atoms. The molecule has 0 N–H and O–H groups in total. The zero-order valence-corrected chi connectivity index (χ0v) is 15.2. The van der Waals surface area contributed by atoms with Crippen LogP contribution in [0.1, 0.15) is 22.1 Å². The SMILES string of the molecule is Cc1occc1CN(C)C(=O)[C@H](Sc1ccccc1)c1ccccc1. The van der Waals surface area contributed by atoms with Crippen LogP contribution in [0, 0.1) is 6.92 Å². The molecule has 0 aliphatic rings. The van der Waals surface area contributed by atoms with Crippen LogP contribution < -0.4 is 0 Å². The highest BCUT2D eigenvalue weighted by molar-refractivity contribution is 8.00. The van der Waals surface area contributed by atoms with Gasteiger partial charge in [-0.3, -0.25) is 4.79 Å². The van der Waals surface area contributed by atoms with Gasteiger partial charge < -0.3 is 9.32 Å². The number of rotatable bonds is 6. The van der Waals surface area contributed by atoms with Crippen molar-refractivity contribution in [1.82, 2.24) is 4.90 Å². The molecular formula is C21H21NO2S. The van der Waals surface area contributed by atoms with Gasteiger partial charge in [-0.1, -0.05) is 48.5 Å². The van der Waals surface area contributed by atoms with Crippen LogP contribution in [0.2, 0.25) is 0 Å². The van der Waals surface area contributed by atoms with Gasteiger partial charge in [0, 0.05) is 24.1 Å². The summed E-state index contributed by atoms with van der Waals surface area (Å²) in [4.78, 5) is 16.0. The molecule has 1 heterocycles. The van der Waals surface area contributed by atoms with Crippen molar-refractivity contribution in [3.8, 4) is 0 Å². The first kappa shape index (κ1) is 17.4. The maximum Gasteiger partial charge on any atom is 0.240 e. The minimum atomic E-state index is -0.277. The van der Waals surface area contributed by atoms with Gasteiger partial charge in [0.25, 0.3) is 0 Å². The molecule has 128 valence electrons. The van der Waals surface area contributed by atoms with E-state index in [1.165, 1.54) is 0 Å². The number of carbonyl (C=O) groups excluding carboxylic acids is 1. The molecule has 0 aliphatic heterocycles. The number of nitrogens with zero attached hydrogens (tertiary/aromatic N) is 1. The van der Waals surface area contributed by atoms with Crippen LogP contribution in [0.5, 0.6) is 0 Å². The second kappa shape index (κ2) is 8.08. The Labute approximate surface area is 152 Å². The van der Waals surface area contributed by atoms with E-state index in [-0.39, 0.29) is 11.2 Å². The van der Waals surface area contributed by atoms with Crippen molar-refractivity contribution in [2.45, 2.75) is 23.6 Å². The maximum atomic E-state index is 13.2. The summed E-state index contributed by atoms with van der Waals surface area (Å²) in [5.41, 5.74) is 2.05. The van der Waals surface area contributed by atoms with E-state index in [0.717, 1.165) is 21.8 Å². The molecule has 1 aromatic heterocycles. The second-order valence-corrected chi connectivity index (χ2v) is 7.10. The van der Waals surface area contributed by atoms with Crippen LogP contribution in [0.4, 0.5) is 0 Å². The van der Waals surface area contributed by atoms with Gasteiger partial charge in [0.15, 0.2) is 0 Å². The Hall–Kier alpha value is -2.46. The summed E-state index contributed by atoms with van der Waals surface area (Å²) in [5, 5.41) is -0.277. The van der Waals surface area contributed by atoms with Crippen molar-refractivity contribution >= 4 is 17.7 Å². The summed E-state index contributed by atoms with van der Waals surface area (Å²) in [5.74, 6) is 0.937. The van der Waals surface area contributed by atoms with Crippen LogP contribution >= 0.6 is 11.8 Å². The Balaban J connectivity index is 1.83. The highest BCUT2D eigenvalue weighted by Gasteiger charge is 2.25. The van der Waals surface area contributed by atoms with E-state index in [2.05, 4.69) is 0 Å². The molecule has 0 spiro atoms. The number of thioether (sulfide) groups is 1. The number of hydrogen-bond acceptors (Lipinski definition) is 3. The summed E-state index contributed by atoms with van der Waals surface area (Å²) < 4.78 is 5.34. The molecule has 0 unspecified atom stereocenters. The number of carbonyl (C=O) groups is 1. The van der Waals surface area contributed by atoms with Gasteiger partial charge in [0.1, 0.15) is 11.0 Å². The highest BCUT2D eigenvalue weighted by Crippen LogP contribution is 2.36. The van der Waals surface area contributed by atoms with Crippen molar-refractivity contribution in [3.63, 3.8) is 0 Å². The van der Waals surface area contributed by atoms with E-state index in [1.807, 2.05) is 80.7 Å². The zero-order valence-electron chi connectivity index (χ0n) is 14.4. The highest BCUT2D eigenvalue weighted by atomic mass is 32.2. The molecule has 1 atom stereocenters. The molecule has 0 saturated heterocycles. The van der Waals surface area contributed by atoms with Crippen molar-refractivity contribution < 1.29 is 9.21 Å². The Bertz CT molecular complexity index is 814. The molecule has 3 nitrogen and oxygen atoms in total. The first-order valence-electron chi connectivity index (χ1n) is 8.20. The van der Waals surface area contributed by atoms with Gasteiger partial charge >= 0.3 is 0 Å². The Morgan fingerprint density at radius 1 is 1.04 bits per heavy atom. The van der Waals surface area contributed by atoms with Gasteiger partial charge in [0.05, 0.1) is 6.26 Å². The average Bonchev–Trinajstić information content (AvgIpc) is 3.05. The molecule has 2 aromatic carbocycles. The molecule has 0 aliphatic carbocycles. The minimum absolute atomic E-state index is 0.0839. The van der Waals surface area contributed by atoms with Gasteiger partial charge in [-0.15, -0.1) is 11.8 Å². The number of benzene rings is 2. The topological polar surface area (TPSA) is 33.5 Å². The second-order valence-electron chi connectivity index (χ2n) is 5.92. The lowest BCUT2D eigenvalue weighted by Crippen LogP contribution is -2.30. The third-order valence-corrected chi connectivity index (χ3v) is 5.33. The summed E-state index contributed by atoms with van der Waals surface area (Å²) in [7, 11) is 1.84. The maximum absolute atomic E-state index is 13.2. The van der Waals surface area contributed by atoms with Crippen molar-refractivity contribution in [2.24, 2.45) is 0 Å². The van der Waals surface area contributed by atoms with Gasteiger partial charge in [-0.25, -0.2) is 0 Å². The van der Waals surface area contributed by atoms with Crippen LogP contribution in [-0.2, 0) is 11.3 Å². The molecule has 1 amide bonds. The lowest BCUT2D eigenvalue weighted by molar-refractivity contribution is -0.129. The Kier molecular flexibility index (Phi) is 5.61. The molecule has 3 aromatic rings. The van der Waals surface area contributed by atoms with Gasteiger partial charge in [-0.2, -0.15) is 0 Å². The van der Waals surface area contributed by atoms with E-state index >= 15 is 0 Å². The van der Waals surface area contributed by atoms with E-state index in [0.29, 0.717) is 6.54 Å². The number of hydrogen-bond donors (Lipinski definition) is 0. The largest absolute Gasteiger partial charge is 0.469 e. The molecule has 0 radical (unpaired) electrons. The third kappa shape index (κ3) is 4.34. The molecule has 0 fully saturated rings. The quantitative estimate of drug-likeness (QED) is 0.581. The lowest BCUT2D eigenvalue weighted by Gasteiger charge is -2.24. The first-order valence-corrected chi connectivity index (χ1v) is 9.07. The molecule has 4 heteroatoms. The van der Waals surface area contributed by atoms with Crippen molar-refractivity contribution in [1.29, 1.82) is 0 Å². The van der Waals surface area contributed by atoms with Gasteiger partial charge in [-0.05, 0) is 30.7 Å².